The lowest BCUT2D eigenvalue weighted by Crippen LogP contribution is -2.46. The van der Waals surface area contributed by atoms with Gasteiger partial charge in [-0.25, -0.2) is 0 Å². The minimum Gasteiger partial charge on any atom is -0.326 e. The molecule has 3 heteroatoms. The molecule has 1 aliphatic carbocycles. The molecule has 98 valence electrons. The molecule has 2 rings (SSSR count). The molecule has 0 bridgehead atoms. The topological polar surface area (TPSA) is 55.1 Å². The van der Waals surface area contributed by atoms with E-state index in [1.165, 1.54) is 24.8 Å². The van der Waals surface area contributed by atoms with Gasteiger partial charge in [0.2, 0.25) is 0 Å². The molecule has 0 saturated heterocycles. The maximum atomic E-state index is 10.4. The monoisotopic (exact) mass is 246 g/mol. The zero-order valence-electron chi connectivity index (χ0n) is 10.8. The average molecular weight is 246 g/mol. The second-order valence-corrected chi connectivity index (χ2v) is 5.12. The molecule has 3 N–H and O–H groups in total. The molecule has 3 nitrogen and oxygen atoms in total. The summed E-state index contributed by atoms with van der Waals surface area (Å²) in [7, 11) is 0. The van der Waals surface area contributed by atoms with Gasteiger partial charge in [-0.05, 0) is 24.0 Å². The summed E-state index contributed by atoms with van der Waals surface area (Å²) in [6, 6.07) is 8.96. The van der Waals surface area contributed by atoms with Crippen molar-refractivity contribution in [3.63, 3.8) is 0 Å². The maximum Gasteiger partial charge on any atom is 0.124 e. The van der Waals surface area contributed by atoms with Crippen LogP contribution in [0, 0.1) is 0 Å². The molecular formula is C15H22N2O. The number of aldehydes is 1. The Balaban J connectivity index is 1.83. The fourth-order valence-electron chi connectivity index (χ4n) is 2.55. The van der Waals surface area contributed by atoms with Crippen molar-refractivity contribution in [2.24, 2.45) is 5.73 Å². The SMILES string of the molecule is NC1CCCCC1NCc1ccc(CC=O)cc1. The second kappa shape index (κ2) is 6.66. The summed E-state index contributed by atoms with van der Waals surface area (Å²) in [5, 5.41) is 3.54. The van der Waals surface area contributed by atoms with Crippen LogP contribution in [0.1, 0.15) is 36.8 Å². The summed E-state index contributed by atoms with van der Waals surface area (Å²) in [5.74, 6) is 0. The van der Waals surface area contributed by atoms with Crippen molar-refractivity contribution in [1.82, 2.24) is 5.32 Å². The molecule has 1 aliphatic rings. The minimum absolute atomic E-state index is 0.299. The molecule has 1 fully saturated rings. The number of carbonyl (C=O) groups is 1. The van der Waals surface area contributed by atoms with Crippen molar-refractivity contribution in [2.45, 2.75) is 50.7 Å². The molecular weight excluding hydrogens is 224 g/mol. The Morgan fingerprint density at radius 3 is 2.50 bits per heavy atom. The standard InChI is InChI=1S/C15H22N2O/c16-14-3-1-2-4-15(14)17-11-13-7-5-12(6-8-13)9-10-18/h5-8,10,14-15,17H,1-4,9,11,16H2. The smallest absolute Gasteiger partial charge is 0.124 e. The van der Waals surface area contributed by atoms with Gasteiger partial charge >= 0.3 is 0 Å². The van der Waals surface area contributed by atoms with E-state index >= 15 is 0 Å². The molecule has 2 unspecified atom stereocenters. The van der Waals surface area contributed by atoms with Crippen molar-refractivity contribution >= 4 is 6.29 Å². The molecule has 18 heavy (non-hydrogen) atoms. The number of hydrogen-bond donors (Lipinski definition) is 2. The Bertz CT molecular complexity index is 375. The first kappa shape index (κ1) is 13.2. The first-order valence-electron chi connectivity index (χ1n) is 6.80. The third-order valence-corrected chi connectivity index (χ3v) is 3.73. The van der Waals surface area contributed by atoms with Crippen LogP contribution < -0.4 is 11.1 Å². The fourth-order valence-corrected chi connectivity index (χ4v) is 2.55. The molecule has 0 aromatic heterocycles. The molecule has 0 aliphatic heterocycles. The van der Waals surface area contributed by atoms with Gasteiger partial charge in [0, 0.05) is 25.0 Å². The third kappa shape index (κ3) is 3.65. The highest BCUT2D eigenvalue weighted by molar-refractivity contribution is 5.54. The zero-order chi connectivity index (χ0) is 12.8. The van der Waals surface area contributed by atoms with Gasteiger partial charge in [0.15, 0.2) is 0 Å². The summed E-state index contributed by atoms with van der Waals surface area (Å²) in [4.78, 5) is 10.4. The van der Waals surface area contributed by atoms with E-state index < -0.39 is 0 Å². The second-order valence-electron chi connectivity index (χ2n) is 5.12. The van der Waals surface area contributed by atoms with Gasteiger partial charge in [-0.15, -0.1) is 0 Å². The number of nitrogens with one attached hydrogen (secondary N) is 1. The van der Waals surface area contributed by atoms with Crippen LogP contribution in [-0.4, -0.2) is 18.4 Å². The first-order valence-corrected chi connectivity index (χ1v) is 6.80. The Morgan fingerprint density at radius 1 is 1.17 bits per heavy atom. The summed E-state index contributed by atoms with van der Waals surface area (Å²) >= 11 is 0. The van der Waals surface area contributed by atoms with Crippen LogP contribution in [-0.2, 0) is 17.8 Å². The lowest BCUT2D eigenvalue weighted by Gasteiger charge is -2.29. The third-order valence-electron chi connectivity index (χ3n) is 3.73. The lowest BCUT2D eigenvalue weighted by molar-refractivity contribution is -0.107. The van der Waals surface area contributed by atoms with E-state index in [-0.39, 0.29) is 0 Å². The van der Waals surface area contributed by atoms with Gasteiger partial charge in [-0.2, -0.15) is 0 Å². The summed E-state index contributed by atoms with van der Waals surface area (Å²) in [6.07, 6.45) is 6.30. The van der Waals surface area contributed by atoms with Crippen molar-refractivity contribution in [1.29, 1.82) is 0 Å². The van der Waals surface area contributed by atoms with Crippen LogP contribution in [0.2, 0.25) is 0 Å². The van der Waals surface area contributed by atoms with Crippen LogP contribution in [0.3, 0.4) is 0 Å². The molecule has 0 heterocycles. The van der Waals surface area contributed by atoms with Gasteiger partial charge < -0.3 is 15.8 Å². The van der Waals surface area contributed by atoms with Crippen LogP contribution >= 0.6 is 0 Å². The van der Waals surface area contributed by atoms with E-state index in [1.807, 2.05) is 12.1 Å². The first-order chi connectivity index (χ1) is 8.79. The van der Waals surface area contributed by atoms with E-state index in [9.17, 15) is 4.79 Å². The van der Waals surface area contributed by atoms with Gasteiger partial charge in [-0.1, -0.05) is 37.1 Å². The number of rotatable bonds is 5. The van der Waals surface area contributed by atoms with E-state index in [4.69, 9.17) is 5.73 Å². The molecule has 1 aromatic carbocycles. The molecule has 1 saturated carbocycles. The van der Waals surface area contributed by atoms with Gasteiger partial charge in [0.05, 0.1) is 0 Å². The van der Waals surface area contributed by atoms with Crippen molar-refractivity contribution in [3.8, 4) is 0 Å². The number of carbonyl (C=O) groups excluding carboxylic acids is 1. The van der Waals surface area contributed by atoms with Crippen LogP contribution in [0.25, 0.3) is 0 Å². The van der Waals surface area contributed by atoms with Crippen LogP contribution in [0.4, 0.5) is 0 Å². The summed E-state index contributed by atoms with van der Waals surface area (Å²) in [5.41, 5.74) is 8.43. The molecule has 1 aromatic rings. The van der Waals surface area contributed by atoms with E-state index in [1.54, 1.807) is 0 Å². The maximum absolute atomic E-state index is 10.4. The number of benzene rings is 1. The predicted molar refractivity (Wildman–Crippen MR) is 73.3 cm³/mol. The van der Waals surface area contributed by atoms with Gasteiger partial charge in [0.1, 0.15) is 6.29 Å². The zero-order valence-corrected chi connectivity index (χ0v) is 10.8. The largest absolute Gasteiger partial charge is 0.326 e. The molecule has 0 spiro atoms. The molecule has 2 atom stereocenters. The normalized spacial score (nSPS) is 23.8. The number of nitrogens with two attached hydrogens (primary N) is 1. The fraction of sp³-hybridized carbons (Fsp3) is 0.533. The van der Waals surface area contributed by atoms with Gasteiger partial charge in [0.25, 0.3) is 0 Å². The van der Waals surface area contributed by atoms with Crippen LogP contribution in [0.5, 0.6) is 0 Å². The highest BCUT2D eigenvalue weighted by atomic mass is 16.1. The predicted octanol–water partition coefficient (Wildman–Crippen LogP) is 1.79. The van der Waals surface area contributed by atoms with Gasteiger partial charge in [-0.3, -0.25) is 0 Å². The van der Waals surface area contributed by atoms with E-state index in [0.717, 1.165) is 24.8 Å². The quantitative estimate of drug-likeness (QED) is 0.779. The Kier molecular flexibility index (Phi) is 4.90. The molecule has 0 amide bonds. The molecule has 0 radical (unpaired) electrons. The summed E-state index contributed by atoms with van der Waals surface area (Å²) in [6.45, 7) is 0.861. The van der Waals surface area contributed by atoms with E-state index in [0.29, 0.717) is 18.5 Å². The Hall–Kier alpha value is -1.19. The van der Waals surface area contributed by atoms with Crippen molar-refractivity contribution in [2.75, 3.05) is 0 Å². The average Bonchev–Trinajstić information content (AvgIpc) is 2.40. The van der Waals surface area contributed by atoms with Crippen molar-refractivity contribution in [3.05, 3.63) is 35.4 Å². The lowest BCUT2D eigenvalue weighted by atomic mass is 9.91. The highest BCUT2D eigenvalue weighted by Gasteiger charge is 2.20. The summed E-state index contributed by atoms with van der Waals surface area (Å²) < 4.78 is 0. The Labute approximate surface area is 109 Å². The number of hydrogen-bond acceptors (Lipinski definition) is 3. The van der Waals surface area contributed by atoms with Crippen molar-refractivity contribution < 1.29 is 4.79 Å². The highest BCUT2D eigenvalue weighted by Crippen LogP contribution is 2.17. The Morgan fingerprint density at radius 2 is 1.83 bits per heavy atom. The van der Waals surface area contributed by atoms with Crippen LogP contribution in [0.15, 0.2) is 24.3 Å². The minimum atomic E-state index is 0.299. The van der Waals surface area contributed by atoms with E-state index in [2.05, 4.69) is 17.4 Å².